The van der Waals surface area contributed by atoms with Gasteiger partial charge < -0.3 is 48.1 Å². The lowest BCUT2D eigenvalue weighted by Gasteiger charge is -2.62. The van der Waals surface area contributed by atoms with Gasteiger partial charge in [-0.2, -0.15) is 18.4 Å². The Bertz CT molecular complexity index is 3450. The number of nitriles is 1. The summed E-state index contributed by atoms with van der Waals surface area (Å²) in [4.78, 5) is 95.4. The lowest BCUT2D eigenvalue weighted by atomic mass is 9.50. The highest BCUT2D eigenvalue weighted by Gasteiger charge is 2.72. The number of aliphatic hydroxyl groups is 2. The van der Waals surface area contributed by atoms with Crippen LogP contribution in [0.15, 0.2) is 24.3 Å². The molecule has 22 heteroatoms. The maximum Gasteiger partial charge on any atom is 0.425 e. The van der Waals surface area contributed by atoms with E-state index in [-0.39, 0.29) is 93.0 Å². The zero-order chi connectivity index (χ0) is 91.4. The highest BCUT2D eigenvalue weighted by atomic mass is 19.4. The van der Waals surface area contributed by atoms with Crippen LogP contribution in [0.2, 0.25) is 0 Å². The van der Waals surface area contributed by atoms with Crippen molar-refractivity contribution < 1.29 is 99.6 Å². The summed E-state index contributed by atoms with van der Waals surface area (Å²) in [5.74, 6) is -0.0354. The normalized spacial score (nSPS) is 25.3. The number of unbranched alkanes of at least 4 members (excludes halogenated alkanes) is 1. The van der Waals surface area contributed by atoms with E-state index in [1.165, 1.54) is 76.2 Å². The van der Waals surface area contributed by atoms with Gasteiger partial charge in [-0.15, -0.1) is 0 Å². The molecule has 1 aliphatic heterocycles. The van der Waals surface area contributed by atoms with Crippen LogP contribution in [-0.2, 0) is 76.9 Å². The van der Waals surface area contributed by atoms with Gasteiger partial charge >= 0.3 is 53.9 Å². The van der Waals surface area contributed by atoms with Crippen molar-refractivity contribution in [3.63, 3.8) is 0 Å². The van der Waals surface area contributed by atoms with E-state index in [0.29, 0.717) is 62.7 Å². The molecule has 0 aromatic heterocycles. The molecule has 19 nitrogen and oxygen atoms in total. The van der Waals surface area contributed by atoms with Crippen LogP contribution in [0, 0.1) is 84.2 Å². The molecule has 2 N–H and O–H groups in total. The Labute approximate surface area is 715 Å². The average Bonchev–Trinajstić information content (AvgIpc) is 1.62. The van der Waals surface area contributed by atoms with Crippen LogP contribution < -0.4 is 4.74 Å². The second-order valence-electron chi connectivity index (χ2n) is 42.1. The Balaban J connectivity index is 0.000000361. The number of rotatable bonds is 27. The molecular weight excluding hydrogens is 1520 g/mol. The molecule has 9 unspecified atom stereocenters. The first-order valence-electron chi connectivity index (χ1n) is 45.3. The molecule has 6 bridgehead atoms. The van der Waals surface area contributed by atoms with Crippen molar-refractivity contribution in [2.75, 3.05) is 6.61 Å². The Kier molecular flexibility index (Phi) is 39.4. The van der Waals surface area contributed by atoms with E-state index < -0.39 is 74.2 Å². The van der Waals surface area contributed by atoms with Gasteiger partial charge in [-0.1, -0.05) is 140 Å². The van der Waals surface area contributed by atoms with Crippen molar-refractivity contribution in [3.8, 4) is 11.8 Å². The van der Waals surface area contributed by atoms with Gasteiger partial charge in [-0.3, -0.25) is 38.4 Å². The fourth-order valence-electron chi connectivity index (χ4n) is 16.0. The molecule has 9 atom stereocenters. The van der Waals surface area contributed by atoms with Gasteiger partial charge in [-0.05, 0) is 281 Å². The number of fused-ring (bicyclic) bond motifs is 1. The third-order valence-corrected chi connectivity index (χ3v) is 27.8. The zero-order valence-electron chi connectivity index (χ0n) is 79.2. The molecule has 9 aliphatic rings. The molecule has 10 rings (SSSR count). The Morgan fingerprint density at radius 2 is 0.983 bits per heavy atom. The predicted molar refractivity (Wildman–Crippen MR) is 459 cm³/mol. The first kappa shape index (κ1) is 107. The topological polar surface area (TPSA) is 275 Å². The third-order valence-electron chi connectivity index (χ3n) is 27.8. The molecule has 0 spiro atoms. The lowest BCUT2D eigenvalue weighted by Crippen LogP contribution is -2.67. The third kappa shape index (κ3) is 30.5. The van der Waals surface area contributed by atoms with E-state index in [9.17, 15) is 67.0 Å². The quantitative estimate of drug-likeness (QED) is 0.0470. The highest BCUT2D eigenvalue weighted by molar-refractivity contribution is 5.85. The lowest BCUT2D eigenvalue weighted by molar-refractivity contribution is -0.264. The molecule has 0 radical (unpaired) electrons. The number of esters is 8. The Morgan fingerprint density at radius 1 is 0.546 bits per heavy atom. The monoisotopic (exact) mass is 1690 g/mol. The number of alkyl halides is 3. The number of halogens is 3. The van der Waals surface area contributed by atoms with Gasteiger partial charge in [0.05, 0.1) is 61.8 Å². The number of hydrogen-bond acceptors (Lipinski definition) is 19. The number of hydrogen-bond donors (Lipinski definition) is 2. The minimum atomic E-state index is -4.49. The number of carbonyl (C=O) groups is 8. The van der Waals surface area contributed by atoms with Crippen LogP contribution in [-0.4, -0.2) is 118 Å². The van der Waals surface area contributed by atoms with Crippen LogP contribution in [0.3, 0.4) is 0 Å². The van der Waals surface area contributed by atoms with E-state index >= 15 is 0 Å². The fraction of sp³-hybridized carbons (Fsp3) is 0.845. The van der Waals surface area contributed by atoms with Crippen LogP contribution in [0.1, 0.15) is 393 Å². The second kappa shape index (κ2) is 43.7. The Morgan fingerprint density at radius 3 is 1.42 bits per heavy atom. The minimum absolute atomic E-state index is 0.0214. The molecule has 0 amide bonds. The average molecular weight is 1690 g/mol. The van der Waals surface area contributed by atoms with Crippen molar-refractivity contribution >= 4 is 47.8 Å². The fourth-order valence-corrected chi connectivity index (χ4v) is 16.0. The first-order chi connectivity index (χ1) is 54.5. The number of nitrogens with zero attached hydrogens (tertiary/aromatic N) is 1. The zero-order valence-corrected chi connectivity index (χ0v) is 79.2. The Hall–Kier alpha value is -5.82. The summed E-state index contributed by atoms with van der Waals surface area (Å²) in [5.41, 5.74) is -5.58. The van der Waals surface area contributed by atoms with Crippen molar-refractivity contribution in [2.45, 2.75) is 445 Å². The SMILES string of the molecule is CCC(C)(C)C(=O)OC(C)(C)C1CCCCC1.CCC(C)(C)C(=O)OC(C)C(F)(F)F.CCC(C)(C)C(=O)OC12CC3CC(O)(CC(O)(C3)C1)C2.CCC(C)(C)C(=O)OC1C2CC3C1OC(=O)C3(C#N)C2.CCC(C)(C)C(=O)OC1CCCCC1.CCC(C)(C)C(=O)Oc1ccc(C(C)(C)C)cc1.CCCCC(CC)COC(=O)C(C)(C)CC. The van der Waals surface area contributed by atoms with E-state index in [1.54, 1.807) is 20.8 Å². The van der Waals surface area contributed by atoms with Gasteiger partial charge in [0, 0.05) is 31.1 Å². The van der Waals surface area contributed by atoms with Gasteiger partial charge in [0.1, 0.15) is 35.3 Å². The van der Waals surface area contributed by atoms with Crippen molar-refractivity contribution in [1.29, 1.82) is 5.26 Å². The second-order valence-corrected chi connectivity index (χ2v) is 42.1. The van der Waals surface area contributed by atoms with Crippen LogP contribution in [0.5, 0.6) is 5.75 Å². The molecule has 1 saturated heterocycles. The van der Waals surface area contributed by atoms with Gasteiger partial charge in [0.2, 0.25) is 0 Å². The largest absolute Gasteiger partial charge is 0.465 e. The van der Waals surface area contributed by atoms with Crippen molar-refractivity contribution in [3.05, 3.63) is 29.8 Å². The molecule has 8 saturated carbocycles. The minimum Gasteiger partial charge on any atom is -0.465 e. The molecule has 119 heavy (non-hydrogen) atoms. The number of carbonyl (C=O) groups excluding carboxylic acids is 8. The molecule has 1 aromatic rings. The smallest absolute Gasteiger partial charge is 0.425 e. The summed E-state index contributed by atoms with van der Waals surface area (Å²) < 4.78 is 79.4. The van der Waals surface area contributed by atoms with Crippen molar-refractivity contribution in [1.82, 2.24) is 0 Å². The molecule has 1 heterocycles. The van der Waals surface area contributed by atoms with Gasteiger partial charge in [0.15, 0.2) is 11.5 Å². The summed E-state index contributed by atoms with van der Waals surface area (Å²) in [6.45, 7) is 56.3. The van der Waals surface area contributed by atoms with Gasteiger partial charge in [0.25, 0.3) is 0 Å². The first-order valence-corrected chi connectivity index (χ1v) is 45.3. The summed E-state index contributed by atoms with van der Waals surface area (Å²) >= 11 is 0. The summed E-state index contributed by atoms with van der Waals surface area (Å²) in [5, 5.41) is 30.6. The highest BCUT2D eigenvalue weighted by Crippen LogP contribution is 2.63. The van der Waals surface area contributed by atoms with E-state index in [1.807, 2.05) is 149 Å². The molecular formula is C97H162F3NO18. The van der Waals surface area contributed by atoms with Crippen LogP contribution >= 0.6 is 0 Å². The maximum absolute atomic E-state index is 12.4. The standard InChI is InChI=1S/C16H26O4.C16H24O2.C15H19NO4.C15H28O2.C14H28O2.C12H22O2.C9H15F3O2/c1-4-13(2,3)12(17)20-16-7-11-5-14(18,9-16)8-15(19,6-11)10-16;1-7-16(5,6)14(17)18-13-10-8-12(9-11-13)15(2,3)4;1-4-14(2,3)12(17)19-10-8-5-9-11(10)20-13(18)15(9,6-8)7-16;1-6-14(2,3)13(16)17-15(4,5)12-10-8-7-9-11-12;1-6-9-10-12(7-2)11-16-13(15)14(4,5)8-3;1-4-12(2,3)11(13)14-10-8-6-5-7-9-10;1-5-8(3,4)7(13)14-6(2)9(10,11)12/h11,18-19H,4-10H2,1-3H3;8-11H,7H2,1-6H3;8-11H,4-6H2,1-3H3;12H,6-11H2,1-5H3;12H,6-11H2,1-5H3;10H,4-9H2,1-3H3;6H,5H2,1-4H3. The van der Waals surface area contributed by atoms with Crippen LogP contribution in [0.4, 0.5) is 13.2 Å². The molecule has 9 fully saturated rings. The predicted octanol–water partition coefficient (Wildman–Crippen LogP) is 23.0. The summed E-state index contributed by atoms with van der Waals surface area (Å²) in [6.07, 6.45) is 19.8. The van der Waals surface area contributed by atoms with E-state index in [2.05, 4.69) is 59.3 Å². The number of benzene rings is 1. The number of ether oxygens (including phenoxy) is 8. The summed E-state index contributed by atoms with van der Waals surface area (Å²) in [6, 6.07) is 9.91. The maximum atomic E-state index is 12.4. The van der Waals surface area contributed by atoms with Crippen LogP contribution in [0.25, 0.3) is 0 Å². The summed E-state index contributed by atoms with van der Waals surface area (Å²) in [7, 11) is 0. The van der Waals surface area contributed by atoms with Crippen molar-refractivity contribution in [2.24, 2.45) is 72.9 Å². The molecule has 1 aromatic carbocycles. The van der Waals surface area contributed by atoms with E-state index in [0.717, 1.165) is 84.0 Å². The molecule has 8 aliphatic carbocycles. The molecule has 684 valence electrons. The van der Waals surface area contributed by atoms with E-state index in [4.69, 9.17) is 33.2 Å². The van der Waals surface area contributed by atoms with Gasteiger partial charge in [-0.25, -0.2) is 0 Å².